The van der Waals surface area contributed by atoms with Crippen molar-refractivity contribution in [2.45, 2.75) is 68.3 Å². The second kappa shape index (κ2) is 8.19. The number of sulfonamides is 1. The van der Waals surface area contributed by atoms with Crippen LogP contribution in [0, 0.1) is 0 Å². The zero-order valence-corrected chi connectivity index (χ0v) is 15.2. The lowest BCUT2D eigenvalue weighted by molar-refractivity contribution is -0.123. The molecule has 2 saturated carbocycles. The predicted molar refractivity (Wildman–Crippen MR) is 94.9 cm³/mol. The number of ether oxygens (including phenoxy) is 1. The Morgan fingerprint density at radius 3 is 2.12 bits per heavy atom. The molecule has 2 N–H and O–H groups in total. The summed E-state index contributed by atoms with van der Waals surface area (Å²) in [5, 5.41) is 2.96. The Labute approximate surface area is 149 Å². The number of nitrogens with one attached hydrogen (secondary N) is 2. The van der Waals surface area contributed by atoms with E-state index in [1.807, 2.05) is 0 Å². The molecule has 0 unspecified atom stereocenters. The molecule has 0 atom stereocenters. The van der Waals surface area contributed by atoms with Crippen molar-refractivity contribution in [2.24, 2.45) is 0 Å². The van der Waals surface area contributed by atoms with E-state index in [1.54, 1.807) is 12.1 Å². The number of amides is 1. The number of rotatable bonds is 7. The molecule has 0 heterocycles. The molecule has 3 rings (SSSR count). The molecule has 1 amide bonds. The molecule has 0 saturated heterocycles. The SMILES string of the molecule is O=C(COc1ccc(S(=O)(=O)NC2CCCC2)cc1)NC1CCCC1. The van der Waals surface area contributed by atoms with Gasteiger partial charge < -0.3 is 10.1 Å². The molecular formula is C18H26N2O4S. The zero-order chi connectivity index (χ0) is 17.7. The third kappa shape index (κ3) is 5.19. The fraction of sp³-hybridized carbons (Fsp3) is 0.611. The van der Waals surface area contributed by atoms with Crippen LogP contribution in [0.15, 0.2) is 29.2 Å². The summed E-state index contributed by atoms with van der Waals surface area (Å²) in [5.41, 5.74) is 0. The molecule has 0 aromatic heterocycles. The van der Waals surface area contributed by atoms with Gasteiger partial charge in [-0.1, -0.05) is 25.7 Å². The van der Waals surface area contributed by atoms with E-state index in [4.69, 9.17) is 4.74 Å². The van der Waals surface area contributed by atoms with E-state index in [1.165, 1.54) is 12.1 Å². The Morgan fingerprint density at radius 1 is 0.960 bits per heavy atom. The Balaban J connectivity index is 1.50. The normalized spacial score (nSPS) is 19.2. The minimum atomic E-state index is -3.49. The number of hydrogen-bond acceptors (Lipinski definition) is 4. The number of benzene rings is 1. The average molecular weight is 366 g/mol. The summed E-state index contributed by atoms with van der Waals surface area (Å²) in [4.78, 5) is 12.1. The van der Waals surface area contributed by atoms with Gasteiger partial charge in [-0.05, 0) is 49.9 Å². The molecular weight excluding hydrogens is 340 g/mol. The van der Waals surface area contributed by atoms with E-state index in [9.17, 15) is 13.2 Å². The average Bonchev–Trinajstić information content (AvgIpc) is 3.27. The van der Waals surface area contributed by atoms with E-state index < -0.39 is 10.0 Å². The van der Waals surface area contributed by atoms with Crippen molar-refractivity contribution in [3.05, 3.63) is 24.3 Å². The van der Waals surface area contributed by atoms with Gasteiger partial charge in [0, 0.05) is 12.1 Å². The molecule has 2 aliphatic rings. The van der Waals surface area contributed by atoms with Gasteiger partial charge in [-0.3, -0.25) is 4.79 Å². The Kier molecular flexibility index (Phi) is 5.96. The molecule has 0 bridgehead atoms. The van der Waals surface area contributed by atoms with Crippen LogP contribution >= 0.6 is 0 Å². The van der Waals surface area contributed by atoms with Crippen molar-refractivity contribution in [3.63, 3.8) is 0 Å². The fourth-order valence-electron chi connectivity index (χ4n) is 3.53. The van der Waals surface area contributed by atoms with Crippen molar-refractivity contribution < 1.29 is 17.9 Å². The number of carbonyl (C=O) groups is 1. The smallest absolute Gasteiger partial charge is 0.258 e. The van der Waals surface area contributed by atoms with Gasteiger partial charge in [0.25, 0.3) is 5.91 Å². The summed E-state index contributed by atoms with van der Waals surface area (Å²) < 4.78 is 32.9. The summed E-state index contributed by atoms with van der Waals surface area (Å²) in [6.45, 7) is -0.0527. The van der Waals surface area contributed by atoms with Crippen LogP contribution in [-0.4, -0.2) is 33.0 Å². The van der Waals surface area contributed by atoms with Gasteiger partial charge in [-0.15, -0.1) is 0 Å². The monoisotopic (exact) mass is 366 g/mol. The first-order valence-corrected chi connectivity index (χ1v) is 10.6. The molecule has 0 spiro atoms. The second-order valence-corrected chi connectivity index (χ2v) is 8.63. The summed E-state index contributed by atoms with van der Waals surface area (Å²) in [6.07, 6.45) is 8.34. The summed E-state index contributed by atoms with van der Waals surface area (Å²) in [5.74, 6) is 0.355. The number of carbonyl (C=O) groups excluding carboxylic acids is 1. The van der Waals surface area contributed by atoms with Gasteiger partial charge in [0.1, 0.15) is 5.75 Å². The molecule has 0 radical (unpaired) electrons. The van der Waals surface area contributed by atoms with Crippen LogP contribution in [0.3, 0.4) is 0 Å². The van der Waals surface area contributed by atoms with Crippen LogP contribution in [0.4, 0.5) is 0 Å². The van der Waals surface area contributed by atoms with Gasteiger partial charge in [0.2, 0.25) is 10.0 Å². The van der Waals surface area contributed by atoms with E-state index in [2.05, 4.69) is 10.0 Å². The third-order valence-electron chi connectivity index (χ3n) is 4.90. The van der Waals surface area contributed by atoms with Crippen LogP contribution in [0.1, 0.15) is 51.4 Å². The highest BCUT2D eigenvalue weighted by molar-refractivity contribution is 7.89. The fourth-order valence-corrected chi connectivity index (χ4v) is 4.84. The van der Waals surface area contributed by atoms with Gasteiger partial charge in [-0.2, -0.15) is 0 Å². The van der Waals surface area contributed by atoms with Gasteiger partial charge in [0.15, 0.2) is 6.61 Å². The Hall–Kier alpha value is -1.60. The van der Waals surface area contributed by atoms with Gasteiger partial charge in [-0.25, -0.2) is 13.1 Å². The molecule has 6 nitrogen and oxygen atoms in total. The maximum Gasteiger partial charge on any atom is 0.258 e. The van der Waals surface area contributed by atoms with E-state index in [-0.39, 0.29) is 29.5 Å². The van der Waals surface area contributed by atoms with Gasteiger partial charge in [0.05, 0.1) is 4.90 Å². The van der Waals surface area contributed by atoms with Crippen molar-refractivity contribution in [1.29, 1.82) is 0 Å². The quantitative estimate of drug-likeness (QED) is 0.776. The highest BCUT2D eigenvalue weighted by Crippen LogP contribution is 2.22. The first-order chi connectivity index (χ1) is 12.0. The lowest BCUT2D eigenvalue weighted by Crippen LogP contribution is -2.36. The lowest BCUT2D eigenvalue weighted by atomic mass is 10.2. The maximum absolute atomic E-state index is 12.3. The second-order valence-electron chi connectivity index (χ2n) is 6.91. The van der Waals surface area contributed by atoms with Crippen molar-refractivity contribution in [2.75, 3.05) is 6.61 Å². The third-order valence-corrected chi connectivity index (χ3v) is 6.44. The molecule has 7 heteroatoms. The number of hydrogen-bond donors (Lipinski definition) is 2. The van der Waals surface area contributed by atoms with Crippen molar-refractivity contribution in [3.8, 4) is 5.75 Å². The van der Waals surface area contributed by atoms with Gasteiger partial charge >= 0.3 is 0 Å². The van der Waals surface area contributed by atoms with E-state index in [0.29, 0.717) is 5.75 Å². The molecule has 2 aliphatic carbocycles. The molecule has 25 heavy (non-hydrogen) atoms. The molecule has 138 valence electrons. The Bertz CT molecular complexity index is 676. The topological polar surface area (TPSA) is 84.5 Å². The molecule has 0 aliphatic heterocycles. The first-order valence-electron chi connectivity index (χ1n) is 9.07. The summed E-state index contributed by atoms with van der Waals surface area (Å²) in [7, 11) is -3.49. The highest BCUT2D eigenvalue weighted by atomic mass is 32.2. The van der Waals surface area contributed by atoms with Crippen molar-refractivity contribution >= 4 is 15.9 Å². The summed E-state index contributed by atoms with van der Waals surface area (Å²) in [6, 6.07) is 6.52. The van der Waals surface area contributed by atoms with Crippen LogP contribution in [-0.2, 0) is 14.8 Å². The molecule has 1 aromatic carbocycles. The van der Waals surface area contributed by atoms with E-state index in [0.717, 1.165) is 51.4 Å². The van der Waals surface area contributed by atoms with Crippen LogP contribution in [0.2, 0.25) is 0 Å². The van der Waals surface area contributed by atoms with Crippen LogP contribution in [0.5, 0.6) is 5.75 Å². The molecule has 1 aromatic rings. The van der Waals surface area contributed by atoms with E-state index >= 15 is 0 Å². The zero-order valence-electron chi connectivity index (χ0n) is 14.4. The summed E-state index contributed by atoms with van der Waals surface area (Å²) >= 11 is 0. The minimum absolute atomic E-state index is 0.0419. The predicted octanol–water partition coefficient (Wildman–Crippen LogP) is 2.35. The first kappa shape index (κ1) is 18.2. The lowest BCUT2D eigenvalue weighted by Gasteiger charge is -2.14. The van der Waals surface area contributed by atoms with Crippen LogP contribution in [0.25, 0.3) is 0 Å². The Morgan fingerprint density at radius 2 is 1.52 bits per heavy atom. The molecule has 2 fully saturated rings. The standard InChI is InChI=1S/C18H26N2O4S/c21-18(19-14-5-1-2-6-14)13-24-16-9-11-17(12-10-16)25(22,23)20-15-7-3-4-8-15/h9-12,14-15,20H,1-8,13H2,(H,19,21). The van der Waals surface area contributed by atoms with Crippen LogP contribution < -0.4 is 14.8 Å². The van der Waals surface area contributed by atoms with Crippen molar-refractivity contribution in [1.82, 2.24) is 10.0 Å². The highest BCUT2D eigenvalue weighted by Gasteiger charge is 2.23. The largest absolute Gasteiger partial charge is 0.484 e. The maximum atomic E-state index is 12.3. The minimum Gasteiger partial charge on any atom is -0.484 e.